The van der Waals surface area contributed by atoms with Crippen LogP contribution in [0.25, 0.3) is 0 Å². The second-order valence-corrected chi connectivity index (χ2v) is 4.80. The summed E-state index contributed by atoms with van der Waals surface area (Å²) in [6.07, 6.45) is 0. The summed E-state index contributed by atoms with van der Waals surface area (Å²) in [4.78, 5) is 16.5. The Bertz CT molecular complexity index is 722. The number of nitrogens with one attached hydrogen (secondary N) is 1. The zero-order valence-corrected chi connectivity index (χ0v) is 12.4. The van der Waals surface area contributed by atoms with Gasteiger partial charge in [-0.3, -0.25) is 9.79 Å². The standard InChI is InChI=1S/C17H17N3O2/c1-12-7-6-10-15(11-12)18-13(2)16(20-22)17(21)19-14-8-4-3-5-9-14/h3-11,22H,1-2H3,(H,19,21)/b18-13?,20-16-. The van der Waals surface area contributed by atoms with Crippen molar-refractivity contribution in [3.05, 3.63) is 60.2 Å². The minimum atomic E-state index is -0.511. The van der Waals surface area contributed by atoms with Crippen LogP contribution in [0.15, 0.2) is 64.7 Å². The highest BCUT2D eigenvalue weighted by atomic mass is 16.4. The summed E-state index contributed by atoms with van der Waals surface area (Å²) >= 11 is 0. The summed E-state index contributed by atoms with van der Waals surface area (Å²) < 4.78 is 0. The molecule has 0 aliphatic heterocycles. The van der Waals surface area contributed by atoms with Crippen molar-refractivity contribution in [2.45, 2.75) is 13.8 Å². The third-order valence-corrected chi connectivity index (χ3v) is 2.99. The number of hydrogen-bond donors (Lipinski definition) is 2. The van der Waals surface area contributed by atoms with E-state index in [0.29, 0.717) is 17.1 Å². The van der Waals surface area contributed by atoms with E-state index in [1.807, 2.05) is 37.3 Å². The van der Waals surface area contributed by atoms with Crippen LogP contribution < -0.4 is 5.32 Å². The predicted molar refractivity (Wildman–Crippen MR) is 88.2 cm³/mol. The average molecular weight is 295 g/mol. The molecule has 0 atom stereocenters. The van der Waals surface area contributed by atoms with Gasteiger partial charge in [0.15, 0.2) is 5.71 Å². The maximum atomic E-state index is 12.2. The van der Waals surface area contributed by atoms with Crippen molar-refractivity contribution in [2.75, 3.05) is 5.32 Å². The molecule has 2 aromatic carbocycles. The van der Waals surface area contributed by atoms with Gasteiger partial charge in [0.2, 0.25) is 0 Å². The molecule has 0 aliphatic carbocycles. The molecule has 0 saturated carbocycles. The lowest BCUT2D eigenvalue weighted by Crippen LogP contribution is -2.28. The maximum Gasteiger partial charge on any atom is 0.279 e. The molecule has 2 rings (SSSR count). The number of hydrogen-bond acceptors (Lipinski definition) is 4. The first kappa shape index (κ1) is 15.4. The van der Waals surface area contributed by atoms with Crippen LogP contribution in [0.1, 0.15) is 12.5 Å². The van der Waals surface area contributed by atoms with Gasteiger partial charge in [-0.15, -0.1) is 0 Å². The van der Waals surface area contributed by atoms with Crippen molar-refractivity contribution < 1.29 is 10.0 Å². The van der Waals surface area contributed by atoms with Gasteiger partial charge in [0, 0.05) is 5.69 Å². The summed E-state index contributed by atoms with van der Waals surface area (Å²) in [6, 6.07) is 16.5. The van der Waals surface area contributed by atoms with E-state index in [2.05, 4.69) is 15.5 Å². The number of anilines is 1. The number of rotatable bonds is 4. The van der Waals surface area contributed by atoms with Crippen molar-refractivity contribution in [3.63, 3.8) is 0 Å². The van der Waals surface area contributed by atoms with Crippen molar-refractivity contribution >= 4 is 28.7 Å². The fraction of sp³-hybridized carbons (Fsp3) is 0.118. The normalized spacial score (nSPS) is 12.1. The van der Waals surface area contributed by atoms with E-state index in [0.717, 1.165) is 5.56 Å². The molecule has 0 aliphatic rings. The molecule has 112 valence electrons. The second-order valence-electron chi connectivity index (χ2n) is 4.80. The van der Waals surface area contributed by atoms with Gasteiger partial charge < -0.3 is 10.5 Å². The van der Waals surface area contributed by atoms with Crippen LogP contribution >= 0.6 is 0 Å². The molecule has 0 aromatic heterocycles. The van der Waals surface area contributed by atoms with Crippen LogP contribution in [0.3, 0.4) is 0 Å². The van der Waals surface area contributed by atoms with Gasteiger partial charge in [0.25, 0.3) is 5.91 Å². The molecule has 5 nitrogen and oxygen atoms in total. The lowest BCUT2D eigenvalue weighted by Gasteiger charge is -2.06. The number of carbonyl (C=O) groups excluding carboxylic acids is 1. The third kappa shape index (κ3) is 4.02. The third-order valence-electron chi connectivity index (χ3n) is 2.99. The number of benzene rings is 2. The van der Waals surface area contributed by atoms with E-state index in [1.54, 1.807) is 31.2 Å². The van der Waals surface area contributed by atoms with Crippen molar-refractivity contribution in [1.82, 2.24) is 0 Å². The summed E-state index contributed by atoms with van der Waals surface area (Å²) in [7, 11) is 0. The van der Waals surface area contributed by atoms with E-state index in [-0.39, 0.29) is 5.71 Å². The fourth-order valence-corrected chi connectivity index (χ4v) is 1.94. The molecule has 0 saturated heterocycles. The molecule has 0 spiro atoms. The Balaban J connectivity index is 2.19. The minimum Gasteiger partial charge on any atom is -0.410 e. The quantitative estimate of drug-likeness (QED) is 0.514. The Morgan fingerprint density at radius 1 is 1.09 bits per heavy atom. The first-order chi connectivity index (χ1) is 10.6. The van der Waals surface area contributed by atoms with Crippen molar-refractivity contribution in [1.29, 1.82) is 0 Å². The molecular formula is C17H17N3O2. The molecule has 2 aromatic rings. The van der Waals surface area contributed by atoms with Gasteiger partial charge in [-0.25, -0.2) is 0 Å². The van der Waals surface area contributed by atoms with Gasteiger partial charge in [0.05, 0.1) is 11.4 Å². The van der Waals surface area contributed by atoms with Crippen LogP contribution in [0.5, 0.6) is 0 Å². The molecule has 0 heterocycles. The van der Waals surface area contributed by atoms with Gasteiger partial charge in [-0.05, 0) is 43.7 Å². The largest absolute Gasteiger partial charge is 0.410 e. The monoisotopic (exact) mass is 295 g/mol. The smallest absolute Gasteiger partial charge is 0.279 e. The van der Waals surface area contributed by atoms with Crippen molar-refractivity contribution in [2.24, 2.45) is 10.1 Å². The highest BCUT2D eigenvalue weighted by Gasteiger charge is 2.16. The SMILES string of the molecule is CC(=Nc1cccc(C)c1)/C(=N/O)C(=O)Nc1ccccc1. The van der Waals surface area contributed by atoms with E-state index in [1.165, 1.54) is 0 Å². The minimum absolute atomic E-state index is 0.120. The summed E-state index contributed by atoms with van der Waals surface area (Å²) in [5.41, 5.74) is 2.60. The topological polar surface area (TPSA) is 74.0 Å². The molecule has 0 fully saturated rings. The Morgan fingerprint density at radius 3 is 2.45 bits per heavy atom. The number of carbonyl (C=O) groups is 1. The summed E-state index contributed by atoms with van der Waals surface area (Å²) in [5.74, 6) is -0.511. The predicted octanol–water partition coefficient (Wildman–Crippen LogP) is 3.56. The second kappa shape index (κ2) is 7.17. The molecule has 0 bridgehead atoms. The number of oxime groups is 1. The van der Waals surface area contributed by atoms with Gasteiger partial charge in [-0.1, -0.05) is 35.5 Å². The van der Waals surface area contributed by atoms with Gasteiger partial charge in [0.1, 0.15) is 0 Å². The number of nitrogens with zero attached hydrogens (tertiary/aromatic N) is 2. The number of aliphatic imine (C=N–C) groups is 1. The highest BCUT2D eigenvalue weighted by molar-refractivity contribution is 6.68. The maximum absolute atomic E-state index is 12.2. The molecule has 1 amide bonds. The Kier molecular flexibility index (Phi) is 5.03. The number of aryl methyl sites for hydroxylation is 1. The average Bonchev–Trinajstić information content (AvgIpc) is 2.49. The first-order valence-corrected chi connectivity index (χ1v) is 6.81. The van der Waals surface area contributed by atoms with Crippen LogP contribution in [0, 0.1) is 6.92 Å². The lowest BCUT2D eigenvalue weighted by molar-refractivity contribution is -0.110. The van der Waals surface area contributed by atoms with Crippen LogP contribution in [0.2, 0.25) is 0 Å². The van der Waals surface area contributed by atoms with Crippen LogP contribution in [-0.4, -0.2) is 22.5 Å². The zero-order chi connectivity index (χ0) is 15.9. The lowest BCUT2D eigenvalue weighted by atomic mass is 10.2. The number of para-hydroxylation sites is 1. The van der Waals surface area contributed by atoms with Crippen LogP contribution in [0.4, 0.5) is 11.4 Å². The van der Waals surface area contributed by atoms with Gasteiger partial charge >= 0.3 is 0 Å². The molecule has 0 radical (unpaired) electrons. The number of amides is 1. The van der Waals surface area contributed by atoms with Gasteiger partial charge in [-0.2, -0.15) is 0 Å². The van der Waals surface area contributed by atoms with E-state index in [9.17, 15) is 4.79 Å². The molecule has 0 unspecified atom stereocenters. The Labute approximate surface area is 129 Å². The van der Waals surface area contributed by atoms with E-state index < -0.39 is 5.91 Å². The molecule has 2 N–H and O–H groups in total. The summed E-state index contributed by atoms with van der Waals surface area (Å²) in [6.45, 7) is 3.58. The molecular weight excluding hydrogens is 278 g/mol. The Morgan fingerprint density at radius 2 is 1.82 bits per heavy atom. The molecule has 5 heteroatoms. The van der Waals surface area contributed by atoms with Crippen molar-refractivity contribution in [3.8, 4) is 0 Å². The summed E-state index contributed by atoms with van der Waals surface area (Å²) in [5, 5.41) is 14.9. The molecule has 22 heavy (non-hydrogen) atoms. The van der Waals surface area contributed by atoms with E-state index >= 15 is 0 Å². The Hall–Kier alpha value is -2.95. The highest BCUT2D eigenvalue weighted by Crippen LogP contribution is 2.14. The zero-order valence-electron chi connectivity index (χ0n) is 12.4. The van der Waals surface area contributed by atoms with E-state index in [4.69, 9.17) is 5.21 Å². The fourth-order valence-electron chi connectivity index (χ4n) is 1.94. The first-order valence-electron chi connectivity index (χ1n) is 6.81. The van der Waals surface area contributed by atoms with Crippen LogP contribution in [-0.2, 0) is 4.79 Å².